The molecule has 1 aromatic carbocycles. The lowest BCUT2D eigenvalue weighted by atomic mass is 10.1. The molecule has 1 aliphatic rings. The molecule has 0 bridgehead atoms. The summed E-state index contributed by atoms with van der Waals surface area (Å²) in [7, 11) is 2.09. The molecule has 5 heteroatoms. The van der Waals surface area contributed by atoms with Crippen LogP contribution in [0.15, 0.2) is 28.7 Å². The molecular formula is C15H22BrN3O. The highest BCUT2D eigenvalue weighted by atomic mass is 79.9. The molecule has 1 fully saturated rings. The number of carbonyl (C=O) groups is 1. The number of nitrogens with zero attached hydrogens (tertiary/aromatic N) is 2. The van der Waals surface area contributed by atoms with Crippen molar-refractivity contribution in [3.05, 3.63) is 34.3 Å². The summed E-state index contributed by atoms with van der Waals surface area (Å²) in [5.41, 5.74) is 1.18. The molecule has 0 aliphatic carbocycles. The van der Waals surface area contributed by atoms with Gasteiger partial charge in [-0.25, -0.2) is 0 Å². The van der Waals surface area contributed by atoms with Crippen molar-refractivity contribution in [1.82, 2.24) is 15.1 Å². The van der Waals surface area contributed by atoms with Crippen molar-refractivity contribution in [2.75, 3.05) is 39.8 Å². The van der Waals surface area contributed by atoms with Crippen molar-refractivity contribution in [1.29, 1.82) is 0 Å². The van der Waals surface area contributed by atoms with E-state index in [0.29, 0.717) is 6.54 Å². The topological polar surface area (TPSA) is 35.6 Å². The minimum atomic E-state index is 0.155. The van der Waals surface area contributed by atoms with E-state index in [1.54, 1.807) is 0 Å². The molecule has 110 valence electrons. The normalized spacial score (nSPS) is 18.1. The third kappa shape index (κ3) is 4.04. The number of rotatable bonds is 4. The molecule has 0 saturated carbocycles. The second kappa shape index (κ2) is 7.20. The number of amides is 1. The van der Waals surface area contributed by atoms with Crippen LogP contribution in [-0.2, 0) is 4.79 Å². The van der Waals surface area contributed by atoms with Crippen molar-refractivity contribution in [2.24, 2.45) is 0 Å². The van der Waals surface area contributed by atoms with Crippen LogP contribution in [-0.4, -0.2) is 55.5 Å². The lowest BCUT2D eigenvalue weighted by Crippen LogP contribution is -2.49. The quantitative estimate of drug-likeness (QED) is 0.909. The molecule has 1 atom stereocenters. The Balaban J connectivity index is 1.83. The van der Waals surface area contributed by atoms with Crippen LogP contribution in [0.1, 0.15) is 18.5 Å². The van der Waals surface area contributed by atoms with Crippen LogP contribution in [0.4, 0.5) is 0 Å². The maximum absolute atomic E-state index is 12.2. The highest BCUT2D eigenvalue weighted by Crippen LogP contribution is 2.22. The predicted molar refractivity (Wildman–Crippen MR) is 84.6 cm³/mol. The summed E-state index contributed by atoms with van der Waals surface area (Å²) in [6.07, 6.45) is 0. The summed E-state index contributed by atoms with van der Waals surface area (Å²) in [5.74, 6) is 0.192. The SMILES string of the molecule is C[C@@H](NCC(=O)N1CCN(C)CC1)c1ccccc1Br. The van der Waals surface area contributed by atoms with Gasteiger partial charge in [0, 0.05) is 36.7 Å². The molecule has 1 aliphatic heterocycles. The Morgan fingerprint density at radius 2 is 1.95 bits per heavy atom. The lowest BCUT2D eigenvalue weighted by Gasteiger charge is -2.32. The molecule has 20 heavy (non-hydrogen) atoms. The van der Waals surface area contributed by atoms with Gasteiger partial charge in [0.25, 0.3) is 0 Å². The zero-order chi connectivity index (χ0) is 14.5. The fourth-order valence-electron chi connectivity index (χ4n) is 2.34. The maximum atomic E-state index is 12.2. The minimum Gasteiger partial charge on any atom is -0.339 e. The minimum absolute atomic E-state index is 0.155. The Bertz CT molecular complexity index is 458. The fraction of sp³-hybridized carbons (Fsp3) is 0.533. The van der Waals surface area contributed by atoms with E-state index < -0.39 is 0 Å². The van der Waals surface area contributed by atoms with E-state index >= 15 is 0 Å². The first kappa shape index (κ1) is 15.5. The number of nitrogens with one attached hydrogen (secondary N) is 1. The zero-order valence-electron chi connectivity index (χ0n) is 12.1. The number of hydrogen-bond donors (Lipinski definition) is 1. The Morgan fingerprint density at radius 3 is 2.60 bits per heavy atom. The summed E-state index contributed by atoms with van der Waals surface area (Å²) in [5, 5.41) is 3.31. The number of carbonyl (C=O) groups excluding carboxylic acids is 1. The molecule has 1 saturated heterocycles. The smallest absolute Gasteiger partial charge is 0.236 e. The number of benzene rings is 1. The van der Waals surface area contributed by atoms with Crippen molar-refractivity contribution < 1.29 is 4.79 Å². The van der Waals surface area contributed by atoms with Crippen LogP contribution in [0, 0.1) is 0 Å². The number of hydrogen-bond acceptors (Lipinski definition) is 3. The molecule has 1 N–H and O–H groups in total. The average Bonchev–Trinajstić information content (AvgIpc) is 2.45. The van der Waals surface area contributed by atoms with Crippen molar-refractivity contribution in [3.63, 3.8) is 0 Å². The summed E-state index contributed by atoms with van der Waals surface area (Å²) in [4.78, 5) is 16.4. The molecule has 4 nitrogen and oxygen atoms in total. The van der Waals surface area contributed by atoms with Gasteiger partial charge in [0.2, 0.25) is 5.91 Å². The molecule has 2 rings (SSSR count). The van der Waals surface area contributed by atoms with Gasteiger partial charge in [0.05, 0.1) is 6.54 Å². The largest absolute Gasteiger partial charge is 0.339 e. The second-order valence-corrected chi connectivity index (χ2v) is 6.16. The fourth-order valence-corrected chi connectivity index (χ4v) is 2.97. The van der Waals surface area contributed by atoms with Gasteiger partial charge >= 0.3 is 0 Å². The van der Waals surface area contributed by atoms with Crippen LogP contribution in [0.25, 0.3) is 0 Å². The average molecular weight is 340 g/mol. The molecule has 0 aromatic heterocycles. The highest BCUT2D eigenvalue weighted by Gasteiger charge is 2.19. The van der Waals surface area contributed by atoms with E-state index in [1.165, 1.54) is 5.56 Å². The molecular weight excluding hydrogens is 318 g/mol. The Kier molecular flexibility index (Phi) is 5.57. The summed E-state index contributed by atoms with van der Waals surface area (Å²) < 4.78 is 1.08. The Morgan fingerprint density at radius 1 is 1.30 bits per heavy atom. The molecule has 0 unspecified atom stereocenters. The van der Waals surface area contributed by atoms with E-state index in [4.69, 9.17) is 0 Å². The van der Waals surface area contributed by atoms with Crippen LogP contribution >= 0.6 is 15.9 Å². The first-order chi connectivity index (χ1) is 9.58. The van der Waals surface area contributed by atoms with Gasteiger partial charge in [-0.05, 0) is 25.6 Å². The molecule has 1 aromatic rings. The molecule has 1 heterocycles. The van der Waals surface area contributed by atoms with Gasteiger partial charge < -0.3 is 15.1 Å². The summed E-state index contributed by atoms with van der Waals surface area (Å²) in [6.45, 7) is 6.07. The van der Waals surface area contributed by atoms with Gasteiger partial charge in [-0.3, -0.25) is 4.79 Å². The summed E-state index contributed by atoms with van der Waals surface area (Å²) in [6, 6.07) is 8.26. The second-order valence-electron chi connectivity index (χ2n) is 5.31. The van der Waals surface area contributed by atoms with Gasteiger partial charge in [-0.2, -0.15) is 0 Å². The number of likely N-dealkylation sites (N-methyl/N-ethyl adjacent to an activating group) is 1. The Hall–Kier alpha value is -0.910. The van der Waals surface area contributed by atoms with Crippen molar-refractivity contribution >= 4 is 21.8 Å². The van der Waals surface area contributed by atoms with E-state index in [-0.39, 0.29) is 11.9 Å². The van der Waals surface area contributed by atoms with Gasteiger partial charge in [-0.1, -0.05) is 34.1 Å². The predicted octanol–water partition coefficient (Wildman–Crippen LogP) is 1.87. The van der Waals surface area contributed by atoms with Gasteiger partial charge in [0.1, 0.15) is 0 Å². The van der Waals surface area contributed by atoms with E-state index in [9.17, 15) is 4.79 Å². The zero-order valence-corrected chi connectivity index (χ0v) is 13.7. The lowest BCUT2D eigenvalue weighted by molar-refractivity contribution is -0.131. The molecule has 0 radical (unpaired) electrons. The van der Waals surface area contributed by atoms with Crippen LogP contribution < -0.4 is 5.32 Å². The standard InChI is InChI=1S/C15H22BrN3O/c1-12(13-5-3-4-6-14(13)16)17-11-15(20)19-9-7-18(2)8-10-19/h3-6,12,17H,7-11H2,1-2H3/t12-/m1/s1. The monoisotopic (exact) mass is 339 g/mol. The highest BCUT2D eigenvalue weighted by molar-refractivity contribution is 9.10. The van der Waals surface area contributed by atoms with Crippen LogP contribution in [0.5, 0.6) is 0 Å². The third-order valence-electron chi connectivity index (χ3n) is 3.79. The molecule has 1 amide bonds. The maximum Gasteiger partial charge on any atom is 0.236 e. The number of piperazine rings is 1. The summed E-state index contributed by atoms with van der Waals surface area (Å²) >= 11 is 3.55. The van der Waals surface area contributed by atoms with Crippen molar-refractivity contribution in [2.45, 2.75) is 13.0 Å². The Labute approximate surface area is 129 Å². The van der Waals surface area contributed by atoms with E-state index in [2.05, 4.69) is 46.2 Å². The van der Waals surface area contributed by atoms with Gasteiger partial charge in [0.15, 0.2) is 0 Å². The van der Waals surface area contributed by atoms with Crippen LogP contribution in [0.3, 0.4) is 0 Å². The van der Waals surface area contributed by atoms with Crippen molar-refractivity contribution in [3.8, 4) is 0 Å². The van der Waals surface area contributed by atoms with Gasteiger partial charge in [-0.15, -0.1) is 0 Å². The first-order valence-corrected chi connectivity index (χ1v) is 7.81. The first-order valence-electron chi connectivity index (χ1n) is 7.02. The van der Waals surface area contributed by atoms with E-state index in [0.717, 1.165) is 30.7 Å². The third-order valence-corrected chi connectivity index (χ3v) is 4.51. The molecule has 0 spiro atoms. The van der Waals surface area contributed by atoms with Crippen LogP contribution in [0.2, 0.25) is 0 Å². The van der Waals surface area contributed by atoms with E-state index in [1.807, 2.05) is 23.1 Å². The number of halogens is 1.